The van der Waals surface area contributed by atoms with Crippen LogP contribution in [0.5, 0.6) is 5.75 Å². The first-order valence-electron chi connectivity index (χ1n) is 10.7. The molecule has 0 saturated carbocycles. The van der Waals surface area contributed by atoms with Crippen LogP contribution in [0.3, 0.4) is 0 Å². The van der Waals surface area contributed by atoms with Gasteiger partial charge in [-0.05, 0) is 68.1 Å². The number of nitrogens with zero attached hydrogens (tertiary/aromatic N) is 2. The van der Waals surface area contributed by atoms with Gasteiger partial charge in [0.15, 0.2) is 0 Å². The first-order chi connectivity index (χ1) is 14.2. The van der Waals surface area contributed by atoms with E-state index < -0.39 is 0 Å². The summed E-state index contributed by atoms with van der Waals surface area (Å²) >= 11 is 0. The van der Waals surface area contributed by atoms with Crippen molar-refractivity contribution in [1.82, 2.24) is 10.2 Å². The number of likely N-dealkylation sites (tertiary alicyclic amines) is 1. The van der Waals surface area contributed by atoms with E-state index in [0.29, 0.717) is 17.9 Å². The number of aryl methyl sites for hydroxylation is 1. The maximum atomic E-state index is 12.8. The molecule has 29 heavy (non-hydrogen) atoms. The largest absolute Gasteiger partial charge is 0.496 e. The van der Waals surface area contributed by atoms with Crippen molar-refractivity contribution >= 4 is 11.6 Å². The number of ether oxygens (including phenoxy) is 1. The van der Waals surface area contributed by atoms with E-state index in [4.69, 9.17) is 4.74 Å². The van der Waals surface area contributed by atoms with Crippen LogP contribution in [0.25, 0.3) is 0 Å². The van der Waals surface area contributed by atoms with Crippen molar-refractivity contribution < 1.29 is 9.53 Å². The highest BCUT2D eigenvalue weighted by molar-refractivity contribution is 5.96. The van der Waals surface area contributed by atoms with E-state index >= 15 is 0 Å². The van der Waals surface area contributed by atoms with E-state index in [2.05, 4.69) is 40.4 Å². The number of benzene rings is 2. The lowest BCUT2D eigenvalue weighted by molar-refractivity contribution is 0.0935. The Morgan fingerprint density at radius 2 is 1.90 bits per heavy atom. The number of anilines is 1. The molecule has 0 aromatic heterocycles. The van der Waals surface area contributed by atoms with Crippen LogP contribution in [-0.2, 0) is 6.42 Å². The molecule has 5 heteroatoms. The first kappa shape index (κ1) is 19.8. The molecular weight excluding hydrogens is 362 g/mol. The maximum absolute atomic E-state index is 12.8. The molecule has 2 aliphatic rings. The fourth-order valence-electron chi connectivity index (χ4n) is 4.64. The molecule has 154 valence electrons. The number of carbonyl (C=O) groups is 1. The fourth-order valence-corrected chi connectivity index (χ4v) is 4.64. The van der Waals surface area contributed by atoms with Crippen molar-refractivity contribution in [2.45, 2.75) is 31.7 Å². The third-order valence-corrected chi connectivity index (χ3v) is 6.23. The van der Waals surface area contributed by atoms with Gasteiger partial charge in [-0.1, -0.05) is 24.3 Å². The van der Waals surface area contributed by atoms with Gasteiger partial charge in [-0.25, -0.2) is 0 Å². The Labute approximate surface area is 173 Å². The van der Waals surface area contributed by atoms with Crippen LogP contribution in [-0.4, -0.2) is 51.1 Å². The summed E-state index contributed by atoms with van der Waals surface area (Å²) in [4.78, 5) is 17.7. The van der Waals surface area contributed by atoms with Gasteiger partial charge < -0.3 is 15.0 Å². The molecule has 2 aromatic rings. The molecule has 2 aromatic carbocycles. The molecule has 5 nitrogen and oxygen atoms in total. The summed E-state index contributed by atoms with van der Waals surface area (Å²) in [5.41, 5.74) is 4.67. The van der Waals surface area contributed by atoms with Crippen molar-refractivity contribution in [1.29, 1.82) is 0 Å². The zero-order chi connectivity index (χ0) is 20.2. The number of nitrogens with one attached hydrogen (secondary N) is 1. The molecule has 2 aliphatic heterocycles. The number of hydrogen-bond acceptors (Lipinski definition) is 4. The third-order valence-electron chi connectivity index (χ3n) is 6.23. The van der Waals surface area contributed by atoms with Crippen LogP contribution in [0.1, 0.15) is 46.8 Å². The molecule has 0 spiro atoms. The first-order valence-corrected chi connectivity index (χ1v) is 10.7. The SMILES string of the molecule is COc1ccccc1C(=O)NC[C@H](c1ccc2c(c1)CCCN2C)N1CCCC1. The van der Waals surface area contributed by atoms with Gasteiger partial charge in [0.1, 0.15) is 5.75 Å². The Balaban J connectivity index is 1.54. The maximum Gasteiger partial charge on any atom is 0.255 e. The minimum atomic E-state index is -0.0793. The molecule has 1 saturated heterocycles. The molecule has 1 fully saturated rings. The number of carbonyl (C=O) groups excluding carboxylic acids is 1. The average molecular weight is 394 g/mol. The predicted octanol–water partition coefficient (Wildman–Crippen LogP) is 3.64. The molecular formula is C24H31N3O2. The van der Waals surface area contributed by atoms with E-state index in [1.54, 1.807) is 7.11 Å². The molecule has 4 rings (SSSR count). The van der Waals surface area contributed by atoms with Gasteiger partial charge in [0.25, 0.3) is 5.91 Å². The van der Waals surface area contributed by atoms with Gasteiger partial charge in [0.2, 0.25) is 0 Å². The Kier molecular flexibility index (Phi) is 6.05. The summed E-state index contributed by atoms with van der Waals surface area (Å²) in [5, 5.41) is 3.17. The highest BCUT2D eigenvalue weighted by atomic mass is 16.5. The summed E-state index contributed by atoms with van der Waals surface area (Å²) in [7, 11) is 3.77. The number of amides is 1. The number of rotatable bonds is 6. The smallest absolute Gasteiger partial charge is 0.255 e. The zero-order valence-electron chi connectivity index (χ0n) is 17.5. The number of para-hydroxylation sites is 1. The van der Waals surface area contributed by atoms with E-state index in [1.807, 2.05) is 24.3 Å². The van der Waals surface area contributed by atoms with Gasteiger partial charge in [-0.15, -0.1) is 0 Å². The molecule has 0 unspecified atom stereocenters. The summed E-state index contributed by atoms with van der Waals surface area (Å²) in [6, 6.07) is 14.5. The summed E-state index contributed by atoms with van der Waals surface area (Å²) in [5.74, 6) is 0.531. The van der Waals surface area contributed by atoms with Crippen molar-refractivity contribution in [3.63, 3.8) is 0 Å². The van der Waals surface area contributed by atoms with Crippen LogP contribution in [0, 0.1) is 0 Å². The molecule has 1 N–H and O–H groups in total. The monoisotopic (exact) mass is 393 g/mol. The molecule has 1 atom stereocenters. The predicted molar refractivity (Wildman–Crippen MR) is 117 cm³/mol. The highest BCUT2D eigenvalue weighted by Gasteiger charge is 2.26. The van der Waals surface area contributed by atoms with Crippen molar-refractivity contribution in [2.75, 3.05) is 45.2 Å². The van der Waals surface area contributed by atoms with Gasteiger partial charge in [-0.3, -0.25) is 9.69 Å². The third kappa shape index (κ3) is 4.25. The van der Waals surface area contributed by atoms with Crippen molar-refractivity contribution in [2.24, 2.45) is 0 Å². The molecule has 0 bridgehead atoms. The number of methoxy groups -OCH3 is 1. The van der Waals surface area contributed by atoms with Gasteiger partial charge in [0, 0.05) is 25.8 Å². The Morgan fingerprint density at radius 3 is 2.69 bits per heavy atom. The minimum absolute atomic E-state index is 0.0793. The summed E-state index contributed by atoms with van der Waals surface area (Å²) in [6.07, 6.45) is 4.79. The average Bonchev–Trinajstić information content (AvgIpc) is 3.28. The van der Waals surface area contributed by atoms with E-state index in [1.165, 1.54) is 36.1 Å². The second-order valence-corrected chi connectivity index (χ2v) is 8.08. The molecule has 0 radical (unpaired) electrons. The lowest BCUT2D eigenvalue weighted by atomic mass is 9.96. The lowest BCUT2D eigenvalue weighted by Crippen LogP contribution is -2.37. The van der Waals surface area contributed by atoms with Gasteiger partial charge in [0.05, 0.1) is 18.7 Å². The van der Waals surface area contributed by atoms with Crippen molar-refractivity contribution in [3.8, 4) is 5.75 Å². The van der Waals surface area contributed by atoms with Gasteiger partial charge in [-0.2, -0.15) is 0 Å². The summed E-state index contributed by atoms with van der Waals surface area (Å²) < 4.78 is 5.35. The number of fused-ring (bicyclic) bond motifs is 1. The quantitative estimate of drug-likeness (QED) is 0.814. The second-order valence-electron chi connectivity index (χ2n) is 8.08. The topological polar surface area (TPSA) is 44.8 Å². The number of hydrogen-bond donors (Lipinski definition) is 1. The van der Waals surface area contributed by atoms with Crippen LogP contribution < -0.4 is 15.0 Å². The van der Waals surface area contributed by atoms with Crippen LogP contribution in [0.15, 0.2) is 42.5 Å². The van der Waals surface area contributed by atoms with Gasteiger partial charge >= 0.3 is 0 Å². The Bertz CT molecular complexity index is 861. The Hall–Kier alpha value is -2.53. The lowest BCUT2D eigenvalue weighted by Gasteiger charge is -2.32. The van der Waals surface area contributed by atoms with Crippen molar-refractivity contribution in [3.05, 3.63) is 59.2 Å². The standard InChI is InChI=1S/C24H31N3O2/c1-26-13-7-8-18-16-19(11-12-21(18)26)22(27-14-5-6-15-27)17-25-24(28)20-9-3-4-10-23(20)29-2/h3-4,9-12,16,22H,5-8,13-15,17H2,1-2H3,(H,25,28)/t22-/m1/s1. The molecule has 0 aliphatic carbocycles. The van der Waals surface area contributed by atoms with Crippen LogP contribution >= 0.6 is 0 Å². The van der Waals surface area contributed by atoms with E-state index in [9.17, 15) is 4.79 Å². The fraction of sp³-hybridized carbons (Fsp3) is 0.458. The van der Waals surface area contributed by atoms with Crippen LogP contribution in [0.2, 0.25) is 0 Å². The van der Waals surface area contributed by atoms with E-state index in [0.717, 1.165) is 26.1 Å². The normalized spacial score (nSPS) is 17.7. The zero-order valence-corrected chi connectivity index (χ0v) is 17.5. The minimum Gasteiger partial charge on any atom is -0.496 e. The second kappa shape index (κ2) is 8.87. The molecule has 1 amide bonds. The molecule has 2 heterocycles. The summed E-state index contributed by atoms with van der Waals surface area (Å²) in [6.45, 7) is 3.90. The van der Waals surface area contributed by atoms with Crippen LogP contribution in [0.4, 0.5) is 5.69 Å². The highest BCUT2D eigenvalue weighted by Crippen LogP contribution is 2.32. The Morgan fingerprint density at radius 1 is 1.10 bits per heavy atom. The van der Waals surface area contributed by atoms with E-state index in [-0.39, 0.29) is 11.9 Å².